The summed E-state index contributed by atoms with van der Waals surface area (Å²) in [5.74, 6) is 1.000. The van der Waals surface area contributed by atoms with Gasteiger partial charge in [0.05, 0.1) is 6.10 Å². The first-order chi connectivity index (χ1) is 4.43. The van der Waals surface area contributed by atoms with Crippen molar-refractivity contribution in [2.75, 3.05) is 12.4 Å². The molecule has 1 aliphatic heterocycles. The van der Waals surface area contributed by atoms with Crippen molar-refractivity contribution in [3.05, 3.63) is 0 Å². The topological polar surface area (TPSA) is 9.23 Å². The summed E-state index contributed by atoms with van der Waals surface area (Å²) in [4.78, 5) is 0. The minimum atomic E-state index is 0.567. The van der Waals surface area contributed by atoms with E-state index in [0.717, 1.165) is 12.4 Å². The fraction of sp³-hybridized carbons (Fsp3) is 1.00. The second kappa shape index (κ2) is 4.18. The molecule has 1 rings (SSSR count). The molecule has 0 amide bonds. The maximum Gasteiger partial charge on any atom is 0.0576 e. The third-order valence-corrected chi connectivity index (χ3v) is 2.02. The second-order valence-corrected chi connectivity index (χ2v) is 2.95. The summed E-state index contributed by atoms with van der Waals surface area (Å²) in [6.45, 7) is 0.983. The third kappa shape index (κ3) is 2.59. The van der Waals surface area contributed by atoms with Crippen LogP contribution in [0.5, 0.6) is 0 Å². The first-order valence-electron chi connectivity index (χ1n) is 3.66. The standard InChI is InChI=1S/C7H14OS/c9-6-2-4-7-3-1-5-8-7/h7,9H,1-6H2. The molecule has 1 heterocycles. The molecule has 0 spiro atoms. The fourth-order valence-electron chi connectivity index (χ4n) is 1.19. The summed E-state index contributed by atoms with van der Waals surface area (Å²) in [5, 5.41) is 0. The summed E-state index contributed by atoms with van der Waals surface area (Å²) in [6, 6.07) is 0. The number of rotatable bonds is 3. The van der Waals surface area contributed by atoms with Gasteiger partial charge in [0.25, 0.3) is 0 Å². The summed E-state index contributed by atoms with van der Waals surface area (Å²) < 4.78 is 5.42. The van der Waals surface area contributed by atoms with Crippen LogP contribution in [0.4, 0.5) is 0 Å². The van der Waals surface area contributed by atoms with Gasteiger partial charge in [-0.3, -0.25) is 0 Å². The maximum atomic E-state index is 5.42. The van der Waals surface area contributed by atoms with Crippen LogP contribution in [0.2, 0.25) is 0 Å². The van der Waals surface area contributed by atoms with Crippen LogP contribution in [0, 0.1) is 0 Å². The largest absolute Gasteiger partial charge is 0.378 e. The Morgan fingerprint density at radius 2 is 2.44 bits per heavy atom. The van der Waals surface area contributed by atoms with Crippen LogP contribution in [-0.4, -0.2) is 18.5 Å². The first kappa shape index (κ1) is 7.42. The highest BCUT2D eigenvalue weighted by molar-refractivity contribution is 7.80. The molecule has 1 aliphatic rings. The number of ether oxygens (including phenoxy) is 1. The number of thiol groups is 1. The van der Waals surface area contributed by atoms with Gasteiger partial charge in [0.15, 0.2) is 0 Å². The van der Waals surface area contributed by atoms with Crippen molar-refractivity contribution in [2.45, 2.75) is 31.8 Å². The summed E-state index contributed by atoms with van der Waals surface area (Å²) in [5.41, 5.74) is 0. The predicted octanol–water partition coefficient (Wildman–Crippen LogP) is 1.88. The zero-order valence-corrected chi connectivity index (χ0v) is 6.57. The molecule has 1 fully saturated rings. The molecule has 2 heteroatoms. The van der Waals surface area contributed by atoms with Gasteiger partial charge in [-0.25, -0.2) is 0 Å². The SMILES string of the molecule is SCCCC1CCCO1. The molecule has 54 valence electrons. The molecule has 0 bridgehead atoms. The van der Waals surface area contributed by atoms with E-state index < -0.39 is 0 Å². The van der Waals surface area contributed by atoms with Gasteiger partial charge in [0.2, 0.25) is 0 Å². The Balaban J connectivity index is 1.98. The van der Waals surface area contributed by atoms with Crippen LogP contribution in [-0.2, 0) is 4.74 Å². The molecule has 0 aromatic carbocycles. The lowest BCUT2D eigenvalue weighted by molar-refractivity contribution is 0.104. The van der Waals surface area contributed by atoms with Gasteiger partial charge < -0.3 is 4.74 Å². The summed E-state index contributed by atoms with van der Waals surface area (Å²) in [6.07, 6.45) is 5.51. The predicted molar refractivity (Wildman–Crippen MR) is 42.1 cm³/mol. The van der Waals surface area contributed by atoms with Gasteiger partial charge in [0, 0.05) is 6.61 Å². The van der Waals surface area contributed by atoms with Gasteiger partial charge >= 0.3 is 0 Å². The molecule has 0 aromatic rings. The lowest BCUT2D eigenvalue weighted by atomic mass is 10.1. The van der Waals surface area contributed by atoms with E-state index in [1.807, 2.05) is 0 Å². The van der Waals surface area contributed by atoms with E-state index in [9.17, 15) is 0 Å². The van der Waals surface area contributed by atoms with Crippen LogP contribution >= 0.6 is 12.6 Å². The Morgan fingerprint density at radius 1 is 1.56 bits per heavy atom. The van der Waals surface area contributed by atoms with Crippen molar-refractivity contribution in [2.24, 2.45) is 0 Å². The second-order valence-electron chi connectivity index (χ2n) is 2.50. The van der Waals surface area contributed by atoms with E-state index in [1.165, 1.54) is 25.7 Å². The quantitative estimate of drug-likeness (QED) is 0.598. The van der Waals surface area contributed by atoms with Gasteiger partial charge in [-0.05, 0) is 31.4 Å². The third-order valence-electron chi connectivity index (χ3n) is 1.71. The van der Waals surface area contributed by atoms with Crippen molar-refractivity contribution in [1.29, 1.82) is 0 Å². The van der Waals surface area contributed by atoms with Gasteiger partial charge in [-0.1, -0.05) is 0 Å². The van der Waals surface area contributed by atoms with Gasteiger partial charge in [-0.15, -0.1) is 0 Å². The fourth-order valence-corrected chi connectivity index (χ4v) is 1.37. The Bertz CT molecular complexity index is 69.3. The molecule has 0 radical (unpaired) electrons. The Hall–Kier alpha value is 0.310. The van der Waals surface area contributed by atoms with E-state index in [2.05, 4.69) is 12.6 Å². The van der Waals surface area contributed by atoms with Crippen molar-refractivity contribution >= 4 is 12.6 Å². The molecule has 0 saturated carbocycles. The maximum absolute atomic E-state index is 5.42. The van der Waals surface area contributed by atoms with Crippen molar-refractivity contribution in [3.8, 4) is 0 Å². The lowest BCUT2D eigenvalue weighted by Crippen LogP contribution is -2.03. The number of hydrogen-bond donors (Lipinski definition) is 1. The van der Waals surface area contributed by atoms with E-state index in [1.54, 1.807) is 0 Å². The Kier molecular flexibility index (Phi) is 3.44. The lowest BCUT2D eigenvalue weighted by Gasteiger charge is -2.05. The monoisotopic (exact) mass is 146 g/mol. The first-order valence-corrected chi connectivity index (χ1v) is 4.29. The van der Waals surface area contributed by atoms with E-state index in [-0.39, 0.29) is 0 Å². The minimum Gasteiger partial charge on any atom is -0.378 e. The van der Waals surface area contributed by atoms with Crippen LogP contribution in [0.3, 0.4) is 0 Å². The molecular weight excluding hydrogens is 132 g/mol. The van der Waals surface area contributed by atoms with E-state index >= 15 is 0 Å². The normalized spacial score (nSPS) is 27.0. The zero-order valence-electron chi connectivity index (χ0n) is 5.68. The van der Waals surface area contributed by atoms with Gasteiger partial charge in [0.1, 0.15) is 0 Å². The molecular formula is C7H14OS. The van der Waals surface area contributed by atoms with E-state index in [4.69, 9.17) is 4.74 Å². The molecule has 9 heavy (non-hydrogen) atoms. The highest BCUT2D eigenvalue weighted by Gasteiger charge is 2.13. The van der Waals surface area contributed by atoms with E-state index in [0.29, 0.717) is 6.10 Å². The molecule has 1 saturated heterocycles. The molecule has 0 aromatic heterocycles. The smallest absolute Gasteiger partial charge is 0.0576 e. The summed E-state index contributed by atoms with van der Waals surface area (Å²) in [7, 11) is 0. The van der Waals surface area contributed by atoms with Crippen molar-refractivity contribution in [3.63, 3.8) is 0 Å². The number of hydrogen-bond acceptors (Lipinski definition) is 2. The van der Waals surface area contributed by atoms with Crippen LogP contribution in [0.15, 0.2) is 0 Å². The molecule has 0 N–H and O–H groups in total. The molecule has 1 atom stereocenters. The highest BCUT2D eigenvalue weighted by atomic mass is 32.1. The average molecular weight is 146 g/mol. The molecule has 1 unspecified atom stereocenters. The molecule has 1 nitrogen and oxygen atoms in total. The minimum absolute atomic E-state index is 0.567. The zero-order chi connectivity index (χ0) is 6.53. The van der Waals surface area contributed by atoms with Gasteiger partial charge in [-0.2, -0.15) is 12.6 Å². The highest BCUT2D eigenvalue weighted by Crippen LogP contribution is 2.16. The Labute approximate surface area is 62.2 Å². The molecule has 0 aliphatic carbocycles. The van der Waals surface area contributed by atoms with Crippen LogP contribution in [0.1, 0.15) is 25.7 Å². The van der Waals surface area contributed by atoms with Crippen LogP contribution in [0.25, 0.3) is 0 Å². The van der Waals surface area contributed by atoms with Crippen molar-refractivity contribution in [1.82, 2.24) is 0 Å². The van der Waals surface area contributed by atoms with Crippen LogP contribution < -0.4 is 0 Å². The average Bonchev–Trinajstić information content (AvgIpc) is 2.34. The van der Waals surface area contributed by atoms with Crippen molar-refractivity contribution < 1.29 is 4.74 Å². The summed E-state index contributed by atoms with van der Waals surface area (Å²) >= 11 is 4.14. The Morgan fingerprint density at radius 3 is 3.00 bits per heavy atom.